The number of fused-ring (bicyclic) bond motifs is 5. The Labute approximate surface area is 178 Å². The fourth-order valence-electron chi connectivity index (χ4n) is 8.23. The van der Waals surface area contributed by atoms with E-state index in [0.29, 0.717) is 5.41 Å². The van der Waals surface area contributed by atoms with E-state index in [1.807, 2.05) is 13.8 Å². The SMILES string of the molecule is C.C.CC.CCCOC1(C)CCC2C3CCC4CCCCC4C3CCC21CC. The summed E-state index contributed by atoms with van der Waals surface area (Å²) >= 11 is 0. The second-order valence-corrected chi connectivity index (χ2v) is 9.89. The van der Waals surface area contributed by atoms with E-state index in [2.05, 4.69) is 20.8 Å². The molecular weight excluding hydrogens is 340 g/mol. The minimum Gasteiger partial charge on any atom is -0.375 e. The van der Waals surface area contributed by atoms with Crippen LogP contribution in [0.2, 0.25) is 0 Å². The second-order valence-electron chi connectivity index (χ2n) is 9.89. The van der Waals surface area contributed by atoms with Gasteiger partial charge in [0.05, 0.1) is 5.60 Å². The molecule has 4 aliphatic carbocycles. The van der Waals surface area contributed by atoms with Crippen LogP contribution in [0.15, 0.2) is 0 Å². The molecule has 0 aromatic carbocycles. The molecule has 7 atom stereocenters. The highest BCUT2D eigenvalue weighted by molar-refractivity contribution is 5.12. The van der Waals surface area contributed by atoms with Crippen molar-refractivity contribution in [2.45, 2.75) is 132 Å². The Morgan fingerprint density at radius 1 is 0.786 bits per heavy atom. The second kappa shape index (κ2) is 10.8. The topological polar surface area (TPSA) is 9.23 Å². The zero-order chi connectivity index (χ0) is 18.8. The van der Waals surface area contributed by atoms with E-state index >= 15 is 0 Å². The lowest BCUT2D eigenvalue weighted by atomic mass is 9.48. The summed E-state index contributed by atoms with van der Waals surface area (Å²) in [5.74, 6) is 5.26. The standard InChI is InChI=1S/C23H40O.C2H6.2CH4/c1-4-16-24-22(3)14-13-21-20-11-10-17-8-6-7-9-18(17)19(20)12-15-23(21,22)5-2;1-2;;/h17-21H,4-16H2,1-3H3;1-2H3;2*1H4. The highest BCUT2D eigenvalue weighted by atomic mass is 16.5. The fraction of sp³-hybridized carbons (Fsp3) is 1.00. The largest absolute Gasteiger partial charge is 0.375 e. The van der Waals surface area contributed by atoms with Crippen LogP contribution >= 0.6 is 0 Å². The Hall–Kier alpha value is -0.0400. The molecule has 0 bridgehead atoms. The molecule has 0 amide bonds. The summed E-state index contributed by atoms with van der Waals surface area (Å²) in [5, 5.41) is 0. The Balaban J connectivity index is 0.000000950. The molecule has 168 valence electrons. The van der Waals surface area contributed by atoms with Crippen molar-refractivity contribution in [1.82, 2.24) is 0 Å². The lowest BCUT2D eigenvalue weighted by molar-refractivity contribution is -0.161. The fourth-order valence-corrected chi connectivity index (χ4v) is 8.23. The summed E-state index contributed by atoms with van der Waals surface area (Å²) in [7, 11) is 0. The molecule has 4 fully saturated rings. The minimum atomic E-state index is 0. The van der Waals surface area contributed by atoms with Crippen molar-refractivity contribution in [3.63, 3.8) is 0 Å². The summed E-state index contributed by atoms with van der Waals surface area (Å²) in [6.45, 7) is 12.2. The monoisotopic (exact) mass is 394 g/mol. The van der Waals surface area contributed by atoms with Crippen LogP contribution in [0.1, 0.15) is 127 Å². The average Bonchev–Trinajstić information content (AvgIpc) is 3.01. The van der Waals surface area contributed by atoms with Crippen molar-refractivity contribution in [3.05, 3.63) is 0 Å². The first-order valence-electron chi connectivity index (χ1n) is 12.3. The van der Waals surface area contributed by atoms with Crippen LogP contribution in [-0.2, 0) is 4.74 Å². The quantitative estimate of drug-likeness (QED) is 0.462. The smallest absolute Gasteiger partial charge is 0.0713 e. The Morgan fingerprint density at radius 3 is 2.18 bits per heavy atom. The molecule has 0 radical (unpaired) electrons. The zero-order valence-corrected chi connectivity index (χ0v) is 18.5. The lowest BCUT2D eigenvalue weighted by Crippen LogP contribution is -2.54. The highest BCUT2D eigenvalue weighted by Gasteiger charge is 2.63. The Kier molecular flexibility index (Phi) is 10.1. The van der Waals surface area contributed by atoms with Gasteiger partial charge < -0.3 is 4.74 Å². The molecule has 0 spiro atoms. The average molecular weight is 395 g/mol. The van der Waals surface area contributed by atoms with Crippen molar-refractivity contribution in [1.29, 1.82) is 0 Å². The number of rotatable bonds is 4. The van der Waals surface area contributed by atoms with E-state index in [1.54, 1.807) is 25.7 Å². The summed E-state index contributed by atoms with van der Waals surface area (Å²) in [5.41, 5.74) is 0.654. The molecule has 4 aliphatic rings. The molecule has 7 unspecified atom stereocenters. The zero-order valence-electron chi connectivity index (χ0n) is 18.5. The van der Waals surface area contributed by atoms with Gasteiger partial charge in [0.25, 0.3) is 0 Å². The number of hydrogen-bond donors (Lipinski definition) is 0. The number of hydrogen-bond acceptors (Lipinski definition) is 1. The van der Waals surface area contributed by atoms with Gasteiger partial charge in [0.15, 0.2) is 0 Å². The van der Waals surface area contributed by atoms with Gasteiger partial charge in [-0.15, -0.1) is 0 Å². The third-order valence-electron chi connectivity index (χ3n) is 9.33. The molecule has 0 aromatic rings. The van der Waals surface area contributed by atoms with Crippen LogP contribution in [0.25, 0.3) is 0 Å². The van der Waals surface area contributed by atoms with Crippen molar-refractivity contribution in [2.24, 2.45) is 35.0 Å². The van der Waals surface area contributed by atoms with Crippen LogP contribution in [0, 0.1) is 35.0 Å². The van der Waals surface area contributed by atoms with Crippen LogP contribution < -0.4 is 0 Å². The van der Waals surface area contributed by atoms with Gasteiger partial charge >= 0.3 is 0 Å². The molecule has 4 saturated carbocycles. The Morgan fingerprint density at radius 2 is 1.50 bits per heavy atom. The highest BCUT2D eigenvalue weighted by Crippen LogP contribution is 2.67. The van der Waals surface area contributed by atoms with Crippen molar-refractivity contribution in [3.8, 4) is 0 Å². The molecular formula is C27H54O. The van der Waals surface area contributed by atoms with Crippen LogP contribution in [0.5, 0.6) is 0 Å². The van der Waals surface area contributed by atoms with Gasteiger partial charge in [-0.1, -0.05) is 61.8 Å². The van der Waals surface area contributed by atoms with Gasteiger partial charge in [-0.05, 0) is 94.3 Å². The molecule has 0 heterocycles. The maximum atomic E-state index is 6.59. The van der Waals surface area contributed by atoms with Gasteiger partial charge in [0.2, 0.25) is 0 Å². The van der Waals surface area contributed by atoms with Gasteiger partial charge in [-0.25, -0.2) is 0 Å². The molecule has 4 rings (SSSR count). The van der Waals surface area contributed by atoms with Crippen molar-refractivity contribution < 1.29 is 4.74 Å². The summed E-state index contributed by atoms with van der Waals surface area (Å²) < 4.78 is 6.59. The van der Waals surface area contributed by atoms with Gasteiger partial charge in [-0.2, -0.15) is 0 Å². The van der Waals surface area contributed by atoms with Gasteiger partial charge in [0.1, 0.15) is 0 Å². The normalized spacial score (nSPS) is 43.8. The van der Waals surface area contributed by atoms with E-state index in [4.69, 9.17) is 4.74 Å². The molecule has 1 heteroatoms. The summed E-state index contributed by atoms with van der Waals surface area (Å²) in [6.07, 6.45) is 17.5. The van der Waals surface area contributed by atoms with Gasteiger partial charge in [0, 0.05) is 12.0 Å². The maximum Gasteiger partial charge on any atom is 0.0713 e. The van der Waals surface area contributed by atoms with Crippen molar-refractivity contribution >= 4 is 0 Å². The number of ether oxygens (including phenoxy) is 1. The third-order valence-corrected chi connectivity index (χ3v) is 9.33. The first-order chi connectivity index (χ1) is 12.6. The Bertz CT molecular complexity index is 446. The molecule has 0 aromatic heterocycles. The van der Waals surface area contributed by atoms with Crippen LogP contribution in [-0.4, -0.2) is 12.2 Å². The first kappa shape index (κ1) is 26.0. The summed E-state index contributed by atoms with van der Waals surface area (Å²) in [4.78, 5) is 0. The minimum absolute atomic E-state index is 0. The molecule has 0 aliphatic heterocycles. The molecule has 28 heavy (non-hydrogen) atoms. The summed E-state index contributed by atoms with van der Waals surface area (Å²) in [6, 6.07) is 0. The van der Waals surface area contributed by atoms with E-state index in [1.165, 1.54) is 44.9 Å². The maximum absolute atomic E-state index is 6.59. The van der Waals surface area contributed by atoms with E-state index in [-0.39, 0.29) is 20.5 Å². The van der Waals surface area contributed by atoms with Crippen LogP contribution in [0.3, 0.4) is 0 Å². The first-order valence-corrected chi connectivity index (χ1v) is 12.3. The predicted molar refractivity (Wildman–Crippen MR) is 126 cm³/mol. The van der Waals surface area contributed by atoms with E-state index in [0.717, 1.165) is 42.6 Å². The molecule has 0 N–H and O–H groups in total. The lowest BCUT2D eigenvalue weighted by Gasteiger charge is -2.58. The third kappa shape index (κ3) is 4.08. The molecule has 0 saturated heterocycles. The van der Waals surface area contributed by atoms with E-state index < -0.39 is 0 Å². The van der Waals surface area contributed by atoms with Crippen LogP contribution in [0.4, 0.5) is 0 Å². The van der Waals surface area contributed by atoms with Crippen molar-refractivity contribution in [2.75, 3.05) is 6.61 Å². The predicted octanol–water partition coefficient (Wildman–Crippen LogP) is 8.90. The molecule has 1 nitrogen and oxygen atoms in total. The van der Waals surface area contributed by atoms with Gasteiger partial charge in [-0.3, -0.25) is 0 Å². The van der Waals surface area contributed by atoms with E-state index in [9.17, 15) is 0 Å².